The van der Waals surface area contributed by atoms with Gasteiger partial charge in [-0.3, -0.25) is 4.79 Å². The highest BCUT2D eigenvalue weighted by molar-refractivity contribution is 5.66. The molecule has 0 spiro atoms. The second-order valence-electron chi connectivity index (χ2n) is 8.62. The van der Waals surface area contributed by atoms with Crippen LogP contribution in [0.1, 0.15) is 66.7 Å². The zero-order valence-corrected chi connectivity index (χ0v) is 17.2. The summed E-state index contributed by atoms with van der Waals surface area (Å²) in [6.07, 6.45) is 5.30. The minimum absolute atomic E-state index is 0.206. The van der Waals surface area contributed by atoms with E-state index in [1.54, 1.807) is 13.8 Å². The number of carbonyl (C=O) groups excluding carboxylic acids is 1. The number of fused-ring (bicyclic) bond motifs is 2. The molecule has 2 bridgehead atoms. The quantitative estimate of drug-likeness (QED) is 0.718. The van der Waals surface area contributed by atoms with Gasteiger partial charge in [-0.1, -0.05) is 29.9 Å². The topological polar surface area (TPSA) is 76.0 Å². The van der Waals surface area contributed by atoms with E-state index in [1.807, 2.05) is 26.0 Å². The van der Waals surface area contributed by atoms with Gasteiger partial charge in [0.15, 0.2) is 0 Å². The normalized spacial score (nSPS) is 38.0. The standard InChI is InChI=1S/C22H34O5/c1-14(2)17-9-7-15(3)8-10-19-21(5,24)12-11-20(27-19)22(6,25)13-18(17)26-16(4)23/h7,9,18-20,24-25H,1,8,10-13H2,2-6H3/t18-,19+,20-,21-,22+/m1/s1. The first-order chi connectivity index (χ1) is 12.4. The third-order valence-electron chi connectivity index (χ3n) is 5.72. The highest BCUT2D eigenvalue weighted by Crippen LogP contribution is 2.38. The predicted molar refractivity (Wildman–Crippen MR) is 105 cm³/mol. The summed E-state index contributed by atoms with van der Waals surface area (Å²) in [4.78, 5) is 11.7. The lowest BCUT2D eigenvalue weighted by molar-refractivity contribution is -0.219. The Morgan fingerprint density at radius 1 is 1.19 bits per heavy atom. The number of hydrogen-bond donors (Lipinski definition) is 2. The van der Waals surface area contributed by atoms with Gasteiger partial charge in [-0.15, -0.1) is 0 Å². The lowest BCUT2D eigenvalue weighted by Crippen LogP contribution is -2.55. The summed E-state index contributed by atoms with van der Waals surface area (Å²) in [5.74, 6) is -0.402. The van der Waals surface area contributed by atoms with E-state index in [0.29, 0.717) is 19.3 Å². The Labute approximate surface area is 162 Å². The van der Waals surface area contributed by atoms with Crippen molar-refractivity contribution in [1.82, 2.24) is 0 Å². The maximum Gasteiger partial charge on any atom is 0.303 e. The van der Waals surface area contributed by atoms with E-state index in [9.17, 15) is 15.0 Å². The largest absolute Gasteiger partial charge is 0.458 e. The monoisotopic (exact) mass is 378 g/mol. The number of rotatable bonds is 2. The molecule has 5 heteroatoms. The Kier molecular flexibility index (Phi) is 6.72. The molecule has 0 aliphatic carbocycles. The van der Waals surface area contributed by atoms with Gasteiger partial charge in [0.25, 0.3) is 0 Å². The SMILES string of the molecule is C=C(C)C1=CC=C(C)CC[C@@H]2O[C@H](CC[C@@]2(C)O)[C@@](C)(O)C[C@H]1OC(C)=O. The second-order valence-corrected chi connectivity index (χ2v) is 8.62. The average molecular weight is 379 g/mol. The number of aliphatic hydroxyl groups is 2. The van der Waals surface area contributed by atoms with Crippen LogP contribution in [0.5, 0.6) is 0 Å². The second kappa shape index (κ2) is 8.29. The fraction of sp³-hybridized carbons (Fsp3) is 0.682. The molecule has 1 fully saturated rings. The summed E-state index contributed by atoms with van der Waals surface area (Å²) in [5.41, 5.74) is 0.615. The fourth-order valence-corrected chi connectivity index (χ4v) is 3.95. The smallest absolute Gasteiger partial charge is 0.303 e. The Morgan fingerprint density at radius 3 is 2.41 bits per heavy atom. The molecule has 1 saturated heterocycles. The van der Waals surface area contributed by atoms with Gasteiger partial charge in [-0.2, -0.15) is 0 Å². The van der Waals surface area contributed by atoms with Crippen molar-refractivity contribution in [3.8, 4) is 0 Å². The van der Waals surface area contributed by atoms with Crippen LogP contribution < -0.4 is 0 Å². The van der Waals surface area contributed by atoms with E-state index in [2.05, 4.69) is 6.58 Å². The van der Waals surface area contributed by atoms with Crippen molar-refractivity contribution < 1.29 is 24.5 Å². The van der Waals surface area contributed by atoms with E-state index >= 15 is 0 Å². The predicted octanol–water partition coefficient (Wildman–Crippen LogP) is 3.60. The summed E-state index contributed by atoms with van der Waals surface area (Å²) < 4.78 is 11.7. The Hall–Kier alpha value is -1.43. The van der Waals surface area contributed by atoms with Crippen LogP contribution in [0.4, 0.5) is 0 Å². The van der Waals surface area contributed by atoms with Crippen molar-refractivity contribution in [3.05, 3.63) is 35.5 Å². The fourth-order valence-electron chi connectivity index (χ4n) is 3.95. The van der Waals surface area contributed by atoms with Crippen molar-refractivity contribution in [2.75, 3.05) is 0 Å². The molecule has 0 saturated carbocycles. The Balaban J connectivity index is 2.46. The molecule has 0 radical (unpaired) electrons. The van der Waals surface area contributed by atoms with Crippen LogP contribution in [0.3, 0.4) is 0 Å². The highest BCUT2D eigenvalue weighted by atomic mass is 16.5. The first kappa shape index (κ1) is 21.9. The molecule has 0 amide bonds. The van der Waals surface area contributed by atoms with Gasteiger partial charge < -0.3 is 19.7 Å². The van der Waals surface area contributed by atoms with Crippen molar-refractivity contribution in [1.29, 1.82) is 0 Å². The number of hydrogen-bond acceptors (Lipinski definition) is 5. The number of allylic oxidation sites excluding steroid dienone is 3. The lowest BCUT2D eigenvalue weighted by atomic mass is 9.79. The van der Waals surface area contributed by atoms with Gasteiger partial charge in [0.1, 0.15) is 6.10 Å². The molecule has 5 nitrogen and oxygen atoms in total. The Morgan fingerprint density at radius 2 is 1.81 bits per heavy atom. The van der Waals surface area contributed by atoms with Gasteiger partial charge >= 0.3 is 5.97 Å². The number of esters is 1. The molecule has 0 unspecified atom stereocenters. The summed E-state index contributed by atoms with van der Waals surface area (Å²) in [6.45, 7) is 12.8. The van der Waals surface area contributed by atoms with Crippen LogP contribution in [0.15, 0.2) is 35.5 Å². The average Bonchev–Trinajstić information content (AvgIpc) is 2.51. The van der Waals surface area contributed by atoms with Gasteiger partial charge in [-0.25, -0.2) is 0 Å². The lowest BCUT2D eigenvalue weighted by Gasteiger charge is -2.46. The van der Waals surface area contributed by atoms with E-state index in [0.717, 1.165) is 23.1 Å². The van der Waals surface area contributed by atoms with Gasteiger partial charge in [0.05, 0.1) is 23.4 Å². The molecule has 27 heavy (non-hydrogen) atoms. The number of carbonyl (C=O) groups is 1. The van der Waals surface area contributed by atoms with Crippen LogP contribution in [-0.2, 0) is 14.3 Å². The summed E-state index contributed by atoms with van der Waals surface area (Å²) in [7, 11) is 0. The molecular weight excluding hydrogens is 344 g/mol. The summed E-state index contributed by atoms with van der Waals surface area (Å²) in [6, 6.07) is 0. The first-order valence-electron chi connectivity index (χ1n) is 9.73. The molecular formula is C22H34O5. The number of ether oxygens (including phenoxy) is 2. The zero-order chi connectivity index (χ0) is 20.4. The van der Waals surface area contributed by atoms with E-state index in [-0.39, 0.29) is 12.5 Å². The van der Waals surface area contributed by atoms with Crippen LogP contribution in [0, 0.1) is 0 Å². The van der Waals surface area contributed by atoms with Crippen molar-refractivity contribution >= 4 is 5.97 Å². The molecule has 152 valence electrons. The van der Waals surface area contributed by atoms with Gasteiger partial charge in [0.2, 0.25) is 0 Å². The molecule has 0 aromatic carbocycles. The van der Waals surface area contributed by atoms with Crippen LogP contribution in [0.25, 0.3) is 0 Å². The van der Waals surface area contributed by atoms with Crippen molar-refractivity contribution in [2.24, 2.45) is 0 Å². The van der Waals surface area contributed by atoms with E-state index < -0.39 is 29.4 Å². The third-order valence-corrected chi connectivity index (χ3v) is 5.72. The van der Waals surface area contributed by atoms with E-state index in [1.165, 1.54) is 6.92 Å². The van der Waals surface area contributed by atoms with Gasteiger partial charge in [0, 0.05) is 13.3 Å². The van der Waals surface area contributed by atoms with Crippen LogP contribution in [-0.4, -0.2) is 45.7 Å². The van der Waals surface area contributed by atoms with Crippen LogP contribution in [0.2, 0.25) is 0 Å². The summed E-state index contributed by atoms with van der Waals surface area (Å²) >= 11 is 0. The highest BCUT2D eigenvalue weighted by Gasteiger charge is 2.46. The molecule has 5 atom stereocenters. The molecule has 2 rings (SSSR count). The van der Waals surface area contributed by atoms with Gasteiger partial charge in [-0.05, 0) is 59.0 Å². The van der Waals surface area contributed by atoms with E-state index in [4.69, 9.17) is 9.47 Å². The summed E-state index contributed by atoms with van der Waals surface area (Å²) in [5, 5.41) is 21.9. The molecule has 0 aromatic rings. The molecule has 2 aliphatic rings. The molecule has 2 N–H and O–H groups in total. The first-order valence-corrected chi connectivity index (χ1v) is 9.73. The van der Waals surface area contributed by atoms with Crippen LogP contribution >= 0.6 is 0 Å². The van der Waals surface area contributed by atoms with Crippen molar-refractivity contribution in [3.63, 3.8) is 0 Å². The Bertz CT molecular complexity index is 641. The maximum absolute atomic E-state index is 11.7. The molecule has 2 heterocycles. The molecule has 2 aliphatic heterocycles. The van der Waals surface area contributed by atoms with Crippen molar-refractivity contribution in [2.45, 2.75) is 96.2 Å². The minimum Gasteiger partial charge on any atom is -0.458 e. The maximum atomic E-state index is 11.7. The zero-order valence-electron chi connectivity index (χ0n) is 17.2. The third kappa shape index (κ3) is 5.53. The molecule has 0 aromatic heterocycles. The minimum atomic E-state index is -1.21.